The number of carbonyl (C=O) groups is 1. The van der Waals surface area contributed by atoms with Gasteiger partial charge in [-0.05, 0) is 12.1 Å². The lowest BCUT2D eigenvalue weighted by atomic mass is 10.3. The molecule has 0 unspecified atom stereocenters. The summed E-state index contributed by atoms with van der Waals surface area (Å²) in [6, 6.07) is 5.99. The van der Waals surface area contributed by atoms with Crippen molar-refractivity contribution in [3.63, 3.8) is 0 Å². The van der Waals surface area contributed by atoms with Crippen molar-refractivity contribution in [1.29, 1.82) is 0 Å². The lowest BCUT2D eigenvalue weighted by Crippen LogP contribution is -2.30. The van der Waals surface area contributed by atoms with Crippen molar-refractivity contribution in [1.82, 2.24) is 9.55 Å². The molecule has 0 spiro atoms. The van der Waals surface area contributed by atoms with Crippen LogP contribution < -0.4 is 5.56 Å². The molecule has 0 atom stereocenters. The number of aromatic carboxylic acids is 1. The van der Waals surface area contributed by atoms with Gasteiger partial charge >= 0.3 is 12.1 Å². The molecule has 1 heterocycles. The van der Waals surface area contributed by atoms with Crippen LogP contribution in [0, 0.1) is 0 Å². The number of halogens is 3. The molecule has 0 amide bonds. The number of para-hydroxylation sites is 2. The molecule has 1 aromatic heterocycles. The van der Waals surface area contributed by atoms with Gasteiger partial charge in [0.15, 0.2) is 0 Å². The highest BCUT2D eigenvalue weighted by molar-refractivity contribution is 5.88. The van der Waals surface area contributed by atoms with Gasteiger partial charge in [0.2, 0.25) is 5.69 Å². The van der Waals surface area contributed by atoms with Gasteiger partial charge in [0.25, 0.3) is 5.56 Å². The molecule has 1 aromatic carbocycles. The molecule has 0 saturated heterocycles. The van der Waals surface area contributed by atoms with Crippen molar-refractivity contribution in [2.45, 2.75) is 12.9 Å². The fourth-order valence-electron chi connectivity index (χ4n) is 1.71. The maximum absolute atomic E-state index is 12.1. The first-order valence-electron chi connectivity index (χ1n) is 5.67. The van der Waals surface area contributed by atoms with Crippen molar-refractivity contribution < 1.29 is 27.8 Å². The van der Waals surface area contributed by atoms with Crippen molar-refractivity contribution in [3.05, 3.63) is 40.3 Å². The quantitative estimate of drug-likeness (QED) is 0.928. The second kappa shape index (κ2) is 5.52. The van der Waals surface area contributed by atoms with Crippen LogP contribution in [-0.4, -0.2) is 33.4 Å². The predicted molar refractivity (Wildman–Crippen MR) is 65.0 cm³/mol. The maximum Gasteiger partial charge on any atom is 0.411 e. The van der Waals surface area contributed by atoms with E-state index >= 15 is 0 Å². The van der Waals surface area contributed by atoms with E-state index in [1.807, 2.05) is 0 Å². The maximum atomic E-state index is 12.1. The third kappa shape index (κ3) is 3.37. The van der Waals surface area contributed by atoms with E-state index in [4.69, 9.17) is 5.11 Å². The number of alkyl halides is 3. The topological polar surface area (TPSA) is 81.4 Å². The summed E-state index contributed by atoms with van der Waals surface area (Å²) in [5, 5.41) is 8.91. The van der Waals surface area contributed by atoms with Gasteiger partial charge in [0.1, 0.15) is 13.3 Å². The zero-order valence-corrected chi connectivity index (χ0v) is 10.4. The van der Waals surface area contributed by atoms with E-state index in [-0.39, 0.29) is 11.0 Å². The van der Waals surface area contributed by atoms with Gasteiger partial charge in [-0.1, -0.05) is 12.1 Å². The van der Waals surface area contributed by atoms with Crippen LogP contribution in [0.4, 0.5) is 13.2 Å². The number of aromatic nitrogens is 2. The molecule has 0 radical (unpaired) electrons. The third-order valence-corrected chi connectivity index (χ3v) is 2.54. The first kappa shape index (κ1) is 15.0. The minimum atomic E-state index is -4.54. The van der Waals surface area contributed by atoms with Crippen LogP contribution in [0.15, 0.2) is 29.1 Å². The summed E-state index contributed by atoms with van der Waals surface area (Å²) in [5.74, 6) is -1.56. The van der Waals surface area contributed by atoms with E-state index in [9.17, 15) is 22.8 Å². The van der Waals surface area contributed by atoms with E-state index in [0.717, 1.165) is 4.57 Å². The first-order chi connectivity index (χ1) is 9.79. The Balaban J connectivity index is 2.47. The summed E-state index contributed by atoms with van der Waals surface area (Å²) in [4.78, 5) is 26.6. The Morgan fingerprint density at radius 3 is 2.62 bits per heavy atom. The van der Waals surface area contributed by atoms with E-state index in [2.05, 4.69) is 9.72 Å². The molecule has 0 aliphatic heterocycles. The molecule has 1 N–H and O–H groups in total. The van der Waals surface area contributed by atoms with Crippen LogP contribution in [0.5, 0.6) is 0 Å². The Morgan fingerprint density at radius 1 is 1.33 bits per heavy atom. The average Bonchev–Trinajstić information content (AvgIpc) is 2.39. The molecule has 0 saturated carbocycles. The first-order valence-corrected chi connectivity index (χ1v) is 5.67. The molecule has 112 valence electrons. The molecule has 0 fully saturated rings. The van der Waals surface area contributed by atoms with Gasteiger partial charge in [-0.25, -0.2) is 9.78 Å². The SMILES string of the molecule is O=C(O)c1nc2ccccc2n(COCC(F)(F)F)c1=O. The monoisotopic (exact) mass is 302 g/mol. The minimum Gasteiger partial charge on any atom is -0.476 e. The normalized spacial score (nSPS) is 11.8. The number of hydrogen-bond donors (Lipinski definition) is 1. The fourth-order valence-corrected chi connectivity index (χ4v) is 1.71. The molecule has 9 heteroatoms. The Bertz CT molecular complexity index is 739. The smallest absolute Gasteiger partial charge is 0.411 e. The largest absolute Gasteiger partial charge is 0.476 e. The van der Waals surface area contributed by atoms with Crippen LogP contribution in [0.1, 0.15) is 10.5 Å². The van der Waals surface area contributed by atoms with Crippen LogP contribution in [-0.2, 0) is 11.5 Å². The highest BCUT2D eigenvalue weighted by Gasteiger charge is 2.27. The fraction of sp³-hybridized carbons (Fsp3) is 0.250. The summed E-state index contributed by atoms with van der Waals surface area (Å²) in [6.07, 6.45) is -4.54. The van der Waals surface area contributed by atoms with Gasteiger partial charge in [-0.3, -0.25) is 9.36 Å². The Hall–Kier alpha value is -2.42. The molecule has 21 heavy (non-hydrogen) atoms. The van der Waals surface area contributed by atoms with E-state index in [1.165, 1.54) is 12.1 Å². The van der Waals surface area contributed by atoms with Crippen LogP contribution in [0.3, 0.4) is 0 Å². The zero-order valence-electron chi connectivity index (χ0n) is 10.4. The van der Waals surface area contributed by atoms with Crippen molar-refractivity contribution >= 4 is 17.0 Å². The lowest BCUT2D eigenvalue weighted by Gasteiger charge is -2.12. The van der Waals surface area contributed by atoms with Gasteiger partial charge in [0, 0.05) is 0 Å². The summed E-state index contributed by atoms with van der Waals surface area (Å²) >= 11 is 0. The van der Waals surface area contributed by atoms with E-state index in [1.54, 1.807) is 12.1 Å². The second-order valence-corrected chi connectivity index (χ2v) is 4.08. The molecule has 6 nitrogen and oxygen atoms in total. The number of carboxylic acid groups (broad SMARTS) is 1. The molecule has 0 aliphatic rings. The highest BCUT2D eigenvalue weighted by Crippen LogP contribution is 2.15. The van der Waals surface area contributed by atoms with Crippen molar-refractivity contribution in [2.75, 3.05) is 6.61 Å². The van der Waals surface area contributed by atoms with Gasteiger partial charge in [0.05, 0.1) is 11.0 Å². The van der Waals surface area contributed by atoms with Gasteiger partial charge < -0.3 is 9.84 Å². The lowest BCUT2D eigenvalue weighted by molar-refractivity contribution is -0.181. The van der Waals surface area contributed by atoms with Crippen LogP contribution >= 0.6 is 0 Å². The molecule has 0 bridgehead atoms. The molecule has 2 aromatic rings. The van der Waals surface area contributed by atoms with Gasteiger partial charge in [-0.2, -0.15) is 13.2 Å². The third-order valence-electron chi connectivity index (χ3n) is 2.54. The number of benzene rings is 1. The number of hydrogen-bond acceptors (Lipinski definition) is 4. The minimum absolute atomic E-state index is 0.171. The van der Waals surface area contributed by atoms with Crippen molar-refractivity contribution in [3.8, 4) is 0 Å². The number of fused-ring (bicyclic) bond motifs is 1. The van der Waals surface area contributed by atoms with Crippen LogP contribution in [0.2, 0.25) is 0 Å². The highest BCUT2D eigenvalue weighted by atomic mass is 19.4. The predicted octanol–water partition coefficient (Wildman–Crippen LogP) is 1.63. The summed E-state index contributed by atoms with van der Waals surface area (Å²) in [7, 11) is 0. The zero-order chi connectivity index (χ0) is 15.6. The summed E-state index contributed by atoms with van der Waals surface area (Å²) < 4.78 is 41.4. The standard InChI is InChI=1S/C12H9F3N2O4/c13-12(14,15)5-21-6-17-8-4-2-1-3-7(8)16-9(10(17)18)11(19)20/h1-4H,5-6H2,(H,19,20). The molecular weight excluding hydrogens is 293 g/mol. The van der Waals surface area contributed by atoms with Crippen molar-refractivity contribution in [2.24, 2.45) is 0 Å². The average molecular weight is 302 g/mol. The summed E-state index contributed by atoms with van der Waals surface area (Å²) in [5.41, 5.74) is -1.44. The Kier molecular flexibility index (Phi) is 3.94. The number of rotatable bonds is 4. The second-order valence-electron chi connectivity index (χ2n) is 4.08. The number of ether oxygens (including phenoxy) is 1. The summed E-state index contributed by atoms with van der Waals surface area (Å²) in [6.45, 7) is -2.26. The van der Waals surface area contributed by atoms with E-state index < -0.39 is 36.7 Å². The Morgan fingerprint density at radius 2 is 2.00 bits per heavy atom. The molecule has 0 aliphatic carbocycles. The van der Waals surface area contributed by atoms with Gasteiger partial charge in [-0.15, -0.1) is 0 Å². The molecule has 2 rings (SSSR count). The molecular formula is C12H9F3N2O4. The number of nitrogens with zero attached hydrogens (tertiary/aromatic N) is 2. The number of carboxylic acids is 1. The Labute approximate surface area is 115 Å². The van der Waals surface area contributed by atoms with Crippen LogP contribution in [0.25, 0.3) is 11.0 Å². The van der Waals surface area contributed by atoms with E-state index in [0.29, 0.717) is 0 Å².